The summed E-state index contributed by atoms with van der Waals surface area (Å²) in [5, 5.41) is 12.4. The van der Waals surface area contributed by atoms with Crippen LogP contribution in [0.4, 0.5) is 0 Å². The van der Waals surface area contributed by atoms with Crippen LogP contribution in [0.3, 0.4) is 0 Å². The Morgan fingerprint density at radius 1 is 1.36 bits per heavy atom. The van der Waals surface area contributed by atoms with Crippen LogP contribution in [0.5, 0.6) is 0 Å². The number of hydrogen-bond donors (Lipinski definition) is 1. The molecule has 0 bridgehead atoms. The van der Waals surface area contributed by atoms with Gasteiger partial charge in [-0.15, -0.1) is 11.3 Å². The van der Waals surface area contributed by atoms with Crippen LogP contribution in [0.2, 0.25) is 5.02 Å². The second kappa shape index (κ2) is 4.09. The second-order valence-electron chi connectivity index (χ2n) is 2.79. The molecule has 72 valence electrons. The van der Waals surface area contributed by atoms with Gasteiger partial charge in [0, 0.05) is 6.20 Å². The molecule has 0 aliphatic rings. The van der Waals surface area contributed by atoms with E-state index in [-0.39, 0.29) is 0 Å². The second-order valence-corrected chi connectivity index (χ2v) is 4.14. The highest BCUT2D eigenvalue weighted by atomic mass is 35.5. The molecule has 2 aromatic heterocycles. The molecule has 0 aliphatic heterocycles. The molecule has 0 amide bonds. The third kappa shape index (κ3) is 1.80. The molecule has 2 nitrogen and oxygen atoms in total. The highest BCUT2D eigenvalue weighted by Crippen LogP contribution is 2.31. The average molecular weight is 226 g/mol. The van der Waals surface area contributed by atoms with E-state index in [9.17, 15) is 5.11 Å². The molecule has 1 unspecified atom stereocenters. The van der Waals surface area contributed by atoms with Crippen LogP contribution < -0.4 is 0 Å². The fourth-order valence-corrected chi connectivity index (χ4v) is 2.33. The Morgan fingerprint density at radius 3 is 2.79 bits per heavy atom. The van der Waals surface area contributed by atoms with Gasteiger partial charge in [0.05, 0.1) is 15.6 Å². The van der Waals surface area contributed by atoms with Gasteiger partial charge >= 0.3 is 0 Å². The van der Waals surface area contributed by atoms with Crippen molar-refractivity contribution >= 4 is 22.9 Å². The summed E-state index contributed by atoms with van der Waals surface area (Å²) in [7, 11) is 0. The normalized spacial score (nSPS) is 12.7. The molecule has 0 aliphatic carbocycles. The van der Waals surface area contributed by atoms with E-state index in [1.54, 1.807) is 18.3 Å². The molecule has 0 aromatic carbocycles. The van der Waals surface area contributed by atoms with Crippen molar-refractivity contribution in [1.82, 2.24) is 4.98 Å². The van der Waals surface area contributed by atoms with Crippen LogP contribution in [-0.4, -0.2) is 10.1 Å². The van der Waals surface area contributed by atoms with Gasteiger partial charge in [0.15, 0.2) is 0 Å². The lowest BCUT2D eigenvalue weighted by molar-refractivity contribution is 0.219. The van der Waals surface area contributed by atoms with Gasteiger partial charge in [0.1, 0.15) is 6.10 Å². The predicted octanol–water partition coefficient (Wildman–Crippen LogP) is 2.88. The Balaban J connectivity index is 2.34. The summed E-state index contributed by atoms with van der Waals surface area (Å²) >= 11 is 7.34. The molecular formula is C10H8ClNOS. The zero-order valence-corrected chi connectivity index (χ0v) is 8.79. The minimum atomic E-state index is -0.719. The van der Waals surface area contributed by atoms with Crippen molar-refractivity contribution in [2.75, 3.05) is 0 Å². The number of aliphatic hydroxyl groups excluding tert-OH is 1. The smallest absolute Gasteiger partial charge is 0.131 e. The van der Waals surface area contributed by atoms with Crippen molar-refractivity contribution in [1.29, 1.82) is 0 Å². The van der Waals surface area contributed by atoms with E-state index >= 15 is 0 Å². The maximum absolute atomic E-state index is 9.93. The van der Waals surface area contributed by atoms with E-state index in [0.29, 0.717) is 10.7 Å². The number of pyridine rings is 1. The molecule has 0 saturated carbocycles. The summed E-state index contributed by atoms with van der Waals surface area (Å²) in [6.45, 7) is 0. The van der Waals surface area contributed by atoms with E-state index in [4.69, 9.17) is 11.6 Å². The Morgan fingerprint density at radius 2 is 2.21 bits per heavy atom. The number of rotatable bonds is 2. The zero-order valence-electron chi connectivity index (χ0n) is 7.22. The van der Waals surface area contributed by atoms with Crippen molar-refractivity contribution in [2.45, 2.75) is 6.10 Å². The van der Waals surface area contributed by atoms with Crippen LogP contribution in [-0.2, 0) is 0 Å². The van der Waals surface area contributed by atoms with Crippen molar-refractivity contribution in [3.8, 4) is 0 Å². The van der Waals surface area contributed by atoms with Gasteiger partial charge in [-0.2, -0.15) is 0 Å². The Bertz CT molecular complexity index is 415. The quantitative estimate of drug-likeness (QED) is 0.853. The fourth-order valence-electron chi connectivity index (χ4n) is 1.17. The highest BCUT2D eigenvalue weighted by molar-refractivity contribution is 7.10. The van der Waals surface area contributed by atoms with Crippen LogP contribution in [0.25, 0.3) is 0 Å². The van der Waals surface area contributed by atoms with E-state index in [2.05, 4.69) is 4.98 Å². The third-order valence-electron chi connectivity index (χ3n) is 1.86. The van der Waals surface area contributed by atoms with Crippen LogP contribution in [0.1, 0.15) is 16.7 Å². The first-order valence-corrected chi connectivity index (χ1v) is 5.36. The molecule has 14 heavy (non-hydrogen) atoms. The first-order chi connectivity index (χ1) is 6.79. The Hall–Kier alpha value is -0.900. The summed E-state index contributed by atoms with van der Waals surface area (Å²) in [5.74, 6) is 0. The first-order valence-electron chi connectivity index (χ1n) is 4.11. The van der Waals surface area contributed by atoms with E-state index in [1.807, 2.05) is 17.5 Å². The molecule has 0 saturated heterocycles. The topological polar surface area (TPSA) is 33.1 Å². The molecule has 2 aromatic rings. The Kier molecular flexibility index (Phi) is 2.82. The minimum absolute atomic E-state index is 0.591. The maximum atomic E-state index is 9.93. The van der Waals surface area contributed by atoms with Gasteiger partial charge in [-0.1, -0.05) is 17.7 Å². The third-order valence-corrected chi connectivity index (χ3v) is 3.27. The van der Waals surface area contributed by atoms with Gasteiger partial charge < -0.3 is 5.11 Å². The number of nitrogens with zero attached hydrogens (tertiary/aromatic N) is 1. The monoisotopic (exact) mass is 225 g/mol. The van der Waals surface area contributed by atoms with E-state index in [0.717, 1.165) is 4.88 Å². The number of thiophene rings is 1. The van der Waals surface area contributed by atoms with Crippen molar-refractivity contribution in [3.63, 3.8) is 0 Å². The summed E-state index contributed by atoms with van der Waals surface area (Å²) < 4.78 is 0. The van der Waals surface area contributed by atoms with Gasteiger partial charge in [-0.3, -0.25) is 4.98 Å². The molecule has 4 heteroatoms. The Labute approximate surface area is 90.8 Å². The van der Waals surface area contributed by atoms with Gasteiger partial charge in [0.2, 0.25) is 0 Å². The number of aromatic nitrogens is 1. The lowest BCUT2D eigenvalue weighted by Crippen LogP contribution is -1.99. The molecular weight excluding hydrogens is 218 g/mol. The predicted molar refractivity (Wildman–Crippen MR) is 57.6 cm³/mol. The van der Waals surface area contributed by atoms with Gasteiger partial charge in [0.25, 0.3) is 0 Å². The molecule has 1 N–H and O–H groups in total. The van der Waals surface area contributed by atoms with E-state index < -0.39 is 6.10 Å². The SMILES string of the molecule is OC(c1ccccn1)c1sccc1Cl. The van der Waals surface area contributed by atoms with E-state index in [1.165, 1.54) is 11.3 Å². The van der Waals surface area contributed by atoms with Crippen LogP contribution >= 0.6 is 22.9 Å². The minimum Gasteiger partial charge on any atom is -0.381 e. The number of halogens is 1. The maximum Gasteiger partial charge on any atom is 0.131 e. The van der Waals surface area contributed by atoms with Gasteiger partial charge in [-0.05, 0) is 23.6 Å². The van der Waals surface area contributed by atoms with Crippen molar-refractivity contribution in [2.24, 2.45) is 0 Å². The molecule has 0 spiro atoms. The summed E-state index contributed by atoms with van der Waals surface area (Å²) in [4.78, 5) is 4.81. The molecule has 0 radical (unpaired) electrons. The van der Waals surface area contributed by atoms with Crippen molar-refractivity contribution in [3.05, 3.63) is 51.4 Å². The summed E-state index contributed by atoms with van der Waals surface area (Å²) in [6.07, 6.45) is 0.934. The lowest BCUT2D eigenvalue weighted by atomic mass is 10.2. The van der Waals surface area contributed by atoms with Gasteiger partial charge in [-0.25, -0.2) is 0 Å². The molecule has 0 fully saturated rings. The standard InChI is InChI=1S/C10H8ClNOS/c11-7-4-6-14-10(7)9(13)8-3-1-2-5-12-8/h1-6,9,13H. The summed E-state index contributed by atoms with van der Waals surface area (Å²) in [6, 6.07) is 7.20. The average Bonchev–Trinajstić information content (AvgIpc) is 2.65. The largest absolute Gasteiger partial charge is 0.381 e. The molecule has 2 heterocycles. The fraction of sp³-hybridized carbons (Fsp3) is 0.100. The molecule has 1 atom stereocenters. The number of hydrogen-bond acceptors (Lipinski definition) is 3. The number of aliphatic hydroxyl groups is 1. The molecule has 2 rings (SSSR count). The van der Waals surface area contributed by atoms with Crippen LogP contribution in [0.15, 0.2) is 35.8 Å². The zero-order chi connectivity index (χ0) is 9.97. The lowest BCUT2D eigenvalue weighted by Gasteiger charge is -2.07. The van der Waals surface area contributed by atoms with Crippen LogP contribution in [0, 0.1) is 0 Å². The first kappa shape index (κ1) is 9.65. The summed E-state index contributed by atoms with van der Waals surface area (Å²) in [5.41, 5.74) is 0.622. The van der Waals surface area contributed by atoms with Crippen molar-refractivity contribution < 1.29 is 5.11 Å². The highest BCUT2D eigenvalue weighted by Gasteiger charge is 2.15.